The number of nitrogens with one attached hydrogen (secondary N) is 1. The van der Waals surface area contributed by atoms with Gasteiger partial charge in [-0.05, 0) is 0 Å². The van der Waals surface area contributed by atoms with Gasteiger partial charge in [-0.15, -0.1) is 0 Å². The zero-order valence-electron chi connectivity index (χ0n) is 6.95. The molecule has 0 radical (unpaired) electrons. The first kappa shape index (κ1) is 8.86. The van der Waals surface area contributed by atoms with Crippen LogP contribution in [0.3, 0.4) is 0 Å². The van der Waals surface area contributed by atoms with Crippen molar-refractivity contribution < 1.29 is 9.90 Å². The minimum absolute atomic E-state index is 0.374. The van der Waals surface area contributed by atoms with Gasteiger partial charge in [0.05, 0.1) is 6.67 Å². The number of hydrogen-bond acceptors (Lipinski definition) is 4. The molecule has 12 heavy (non-hydrogen) atoms. The average Bonchev–Trinajstić information content (AvgIpc) is 2.36. The first-order valence-corrected chi connectivity index (χ1v) is 3.73. The highest BCUT2D eigenvalue weighted by Gasteiger charge is 2.18. The average molecular weight is 171 g/mol. The van der Waals surface area contributed by atoms with Crippen LogP contribution < -0.4 is 11.1 Å². The van der Waals surface area contributed by atoms with Gasteiger partial charge in [0.25, 0.3) is 0 Å². The molecule has 5 nitrogen and oxygen atoms in total. The summed E-state index contributed by atoms with van der Waals surface area (Å²) in [5.74, 6) is -0.962. The summed E-state index contributed by atoms with van der Waals surface area (Å²) in [7, 11) is 1.89. The standard InChI is InChI=1S/C7H13N3O2/c1-10-4-9-3-5(10)2-6(8)7(11)12/h3,6,9H,2,4,8H2,1H3,(H,11,12)/t6-/m0/s1. The maximum atomic E-state index is 10.4. The highest BCUT2D eigenvalue weighted by molar-refractivity contribution is 5.73. The molecule has 1 atom stereocenters. The number of hydrogen-bond donors (Lipinski definition) is 3. The van der Waals surface area contributed by atoms with Crippen molar-refractivity contribution in [2.45, 2.75) is 12.5 Å². The molecule has 1 aliphatic heterocycles. The summed E-state index contributed by atoms with van der Waals surface area (Å²) in [6.07, 6.45) is 2.17. The third-order valence-electron chi connectivity index (χ3n) is 1.83. The number of carboxylic acid groups (broad SMARTS) is 1. The molecular formula is C7H13N3O2. The van der Waals surface area contributed by atoms with E-state index in [4.69, 9.17) is 10.8 Å². The monoisotopic (exact) mass is 171 g/mol. The van der Waals surface area contributed by atoms with Crippen LogP contribution in [0.25, 0.3) is 0 Å². The second-order valence-electron chi connectivity index (χ2n) is 2.84. The molecule has 0 bridgehead atoms. The first-order valence-electron chi connectivity index (χ1n) is 3.73. The van der Waals surface area contributed by atoms with Crippen molar-refractivity contribution >= 4 is 5.97 Å². The van der Waals surface area contributed by atoms with Crippen LogP contribution in [0, 0.1) is 0 Å². The van der Waals surface area contributed by atoms with Crippen LogP contribution in [0.4, 0.5) is 0 Å². The Morgan fingerprint density at radius 1 is 2.00 bits per heavy atom. The quantitative estimate of drug-likeness (QED) is 0.514. The van der Waals surface area contributed by atoms with Gasteiger partial charge in [0, 0.05) is 25.4 Å². The van der Waals surface area contributed by atoms with Gasteiger partial charge in [0.15, 0.2) is 0 Å². The molecule has 0 saturated heterocycles. The highest BCUT2D eigenvalue weighted by atomic mass is 16.4. The minimum atomic E-state index is -0.962. The molecule has 0 fully saturated rings. The molecule has 0 spiro atoms. The third-order valence-corrected chi connectivity index (χ3v) is 1.83. The second kappa shape index (κ2) is 3.44. The molecule has 0 aromatic rings. The van der Waals surface area contributed by atoms with Crippen molar-refractivity contribution in [3.63, 3.8) is 0 Å². The largest absolute Gasteiger partial charge is 0.480 e. The molecule has 0 aromatic carbocycles. The first-order chi connectivity index (χ1) is 5.61. The smallest absolute Gasteiger partial charge is 0.320 e. The Labute approximate surface area is 70.8 Å². The van der Waals surface area contributed by atoms with Gasteiger partial charge in [-0.2, -0.15) is 0 Å². The lowest BCUT2D eigenvalue weighted by molar-refractivity contribution is -0.138. The van der Waals surface area contributed by atoms with E-state index < -0.39 is 12.0 Å². The second-order valence-corrected chi connectivity index (χ2v) is 2.84. The number of nitrogens with two attached hydrogens (primary N) is 1. The Morgan fingerprint density at radius 2 is 2.67 bits per heavy atom. The summed E-state index contributed by atoms with van der Waals surface area (Å²) in [4.78, 5) is 12.3. The molecular weight excluding hydrogens is 158 g/mol. The van der Waals surface area contributed by atoms with E-state index in [0.717, 1.165) is 12.4 Å². The zero-order valence-corrected chi connectivity index (χ0v) is 6.95. The number of nitrogens with zero attached hydrogens (tertiary/aromatic N) is 1. The molecule has 1 aliphatic rings. The molecule has 1 rings (SSSR count). The molecule has 0 aromatic heterocycles. The van der Waals surface area contributed by atoms with Crippen LogP contribution in [-0.2, 0) is 4.79 Å². The Balaban J connectivity index is 2.45. The molecule has 1 heterocycles. The summed E-state index contributed by atoms with van der Waals surface area (Å²) < 4.78 is 0. The summed E-state index contributed by atoms with van der Waals surface area (Å²) >= 11 is 0. The van der Waals surface area contributed by atoms with E-state index in [9.17, 15) is 4.79 Å². The van der Waals surface area contributed by atoms with Crippen molar-refractivity contribution in [1.29, 1.82) is 0 Å². The predicted molar refractivity (Wildman–Crippen MR) is 44.1 cm³/mol. The van der Waals surface area contributed by atoms with Crippen LogP contribution in [-0.4, -0.2) is 35.7 Å². The van der Waals surface area contributed by atoms with E-state index in [1.54, 1.807) is 6.20 Å². The topological polar surface area (TPSA) is 78.6 Å². The van der Waals surface area contributed by atoms with Crippen LogP contribution in [0.15, 0.2) is 11.9 Å². The van der Waals surface area contributed by atoms with Gasteiger partial charge >= 0.3 is 5.97 Å². The summed E-state index contributed by atoms with van der Waals surface area (Å²) in [6.45, 7) is 0.724. The lowest BCUT2D eigenvalue weighted by Crippen LogP contribution is -2.32. The van der Waals surface area contributed by atoms with E-state index in [1.165, 1.54) is 0 Å². The van der Waals surface area contributed by atoms with Crippen molar-refractivity contribution in [2.24, 2.45) is 5.73 Å². The Bertz CT molecular complexity index is 215. The Morgan fingerprint density at radius 3 is 3.08 bits per heavy atom. The lowest BCUT2D eigenvalue weighted by atomic mass is 10.2. The van der Waals surface area contributed by atoms with Gasteiger partial charge in [0.1, 0.15) is 6.04 Å². The summed E-state index contributed by atoms with van der Waals surface area (Å²) in [6, 6.07) is -0.807. The maximum absolute atomic E-state index is 10.4. The molecule has 68 valence electrons. The van der Waals surface area contributed by atoms with E-state index in [2.05, 4.69) is 5.32 Å². The number of aliphatic carboxylic acids is 1. The van der Waals surface area contributed by atoms with Crippen LogP contribution >= 0.6 is 0 Å². The van der Waals surface area contributed by atoms with Gasteiger partial charge in [-0.3, -0.25) is 4.79 Å². The van der Waals surface area contributed by atoms with Gasteiger partial charge in [-0.25, -0.2) is 0 Å². The zero-order chi connectivity index (χ0) is 9.14. The van der Waals surface area contributed by atoms with Crippen LogP contribution in [0.2, 0.25) is 0 Å². The SMILES string of the molecule is CN1CNC=C1C[C@H](N)C(=O)O. The maximum Gasteiger partial charge on any atom is 0.320 e. The van der Waals surface area contributed by atoms with Crippen LogP contribution in [0.1, 0.15) is 6.42 Å². The van der Waals surface area contributed by atoms with Gasteiger partial charge in [-0.1, -0.05) is 0 Å². The lowest BCUT2D eigenvalue weighted by Gasteiger charge is -2.16. The fraction of sp³-hybridized carbons (Fsp3) is 0.571. The van der Waals surface area contributed by atoms with Gasteiger partial charge in [0.2, 0.25) is 0 Å². The van der Waals surface area contributed by atoms with Gasteiger partial charge < -0.3 is 21.1 Å². The normalized spacial score (nSPS) is 18.5. The summed E-state index contributed by atoms with van der Waals surface area (Å²) in [5.41, 5.74) is 6.30. The van der Waals surface area contributed by atoms with Crippen molar-refractivity contribution in [2.75, 3.05) is 13.7 Å². The molecule has 0 amide bonds. The molecule has 0 unspecified atom stereocenters. The molecule has 4 N–H and O–H groups in total. The number of carboxylic acids is 1. The van der Waals surface area contributed by atoms with E-state index in [0.29, 0.717) is 6.42 Å². The van der Waals surface area contributed by atoms with Crippen molar-refractivity contribution in [3.05, 3.63) is 11.9 Å². The fourth-order valence-corrected chi connectivity index (χ4v) is 1.04. The molecule has 5 heteroatoms. The Kier molecular flexibility index (Phi) is 2.54. The van der Waals surface area contributed by atoms with Crippen LogP contribution in [0.5, 0.6) is 0 Å². The molecule has 0 saturated carbocycles. The molecule has 0 aliphatic carbocycles. The minimum Gasteiger partial charge on any atom is -0.480 e. The van der Waals surface area contributed by atoms with E-state index >= 15 is 0 Å². The number of rotatable bonds is 3. The van der Waals surface area contributed by atoms with E-state index in [-0.39, 0.29) is 0 Å². The Hall–Kier alpha value is -1.23. The fourth-order valence-electron chi connectivity index (χ4n) is 1.04. The van der Waals surface area contributed by atoms with Crippen molar-refractivity contribution in [1.82, 2.24) is 10.2 Å². The highest BCUT2D eigenvalue weighted by Crippen LogP contribution is 2.11. The van der Waals surface area contributed by atoms with Crippen molar-refractivity contribution in [3.8, 4) is 0 Å². The third kappa shape index (κ3) is 1.88. The van der Waals surface area contributed by atoms with E-state index in [1.807, 2.05) is 11.9 Å². The number of carbonyl (C=O) groups is 1. The predicted octanol–water partition coefficient (Wildman–Crippen LogP) is -0.878. The summed E-state index contributed by atoms with van der Waals surface area (Å²) in [5, 5.41) is 11.5.